The van der Waals surface area contributed by atoms with Gasteiger partial charge in [0.15, 0.2) is 0 Å². The molecule has 0 atom stereocenters. The Hall–Kier alpha value is -2.14. The minimum absolute atomic E-state index is 0.102. The van der Waals surface area contributed by atoms with Crippen molar-refractivity contribution in [1.29, 1.82) is 0 Å². The summed E-state index contributed by atoms with van der Waals surface area (Å²) in [5, 5.41) is 7.11. The fraction of sp³-hybridized carbons (Fsp3) is 0.412. The molecule has 1 aromatic heterocycles. The SMILES string of the molecule is CC1(CNC(=O)c2cc3ccccc3[nH]c2=O)CCNCC1. The molecule has 1 aromatic carbocycles. The van der Waals surface area contributed by atoms with Crippen LogP contribution in [-0.4, -0.2) is 30.5 Å². The Morgan fingerprint density at radius 3 is 2.77 bits per heavy atom. The van der Waals surface area contributed by atoms with Gasteiger partial charge in [0, 0.05) is 12.1 Å². The molecule has 3 N–H and O–H groups in total. The van der Waals surface area contributed by atoms with Crippen LogP contribution >= 0.6 is 0 Å². The smallest absolute Gasteiger partial charge is 0.261 e. The molecule has 1 aliphatic heterocycles. The Kier molecular flexibility index (Phi) is 3.98. The molecule has 2 heterocycles. The van der Waals surface area contributed by atoms with Gasteiger partial charge in [0.2, 0.25) is 0 Å². The number of pyridine rings is 1. The van der Waals surface area contributed by atoms with Crippen LogP contribution in [0.15, 0.2) is 35.1 Å². The first-order valence-electron chi connectivity index (χ1n) is 7.68. The van der Waals surface area contributed by atoms with Gasteiger partial charge in [-0.1, -0.05) is 25.1 Å². The van der Waals surface area contributed by atoms with E-state index in [-0.39, 0.29) is 22.4 Å². The maximum atomic E-state index is 12.3. The Morgan fingerprint density at radius 1 is 1.27 bits per heavy atom. The molecule has 0 saturated carbocycles. The number of carbonyl (C=O) groups is 1. The highest BCUT2D eigenvalue weighted by atomic mass is 16.2. The van der Waals surface area contributed by atoms with Crippen molar-refractivity contribution < 1.29 is 4.79 Å². The number of H-pyrrole nitrogens is 1. The van der Waals surface area contributed by atoms with Crippen LogP contribution in [0.25, 0.3) is 10.9 Å². The average Bonchev–Trinajstić information content (AvgIpc) is 2.53. The van der Waals surface area contributed by atoms with Crippen molar-refractivity contribution in [2.45, 2.75) is 19.8 Å². The quantitative estimate of drug-likeness (QED) is 0.807. The number of hydrogen-bond acceptors (Lipinski definition) is 3. The molecule has 1 fully saturated rings. The van der Waals surface area contributed by atoms with Gasteiger partial charge in [0.1, 0.15) is 5.56 Å². The molecule has 0 unspecified atom stereocenters. The molecular weight excluding hydrogens is 278 g/mol. The van der Waals surface area contributed by atoms with E-state index in [1.54, 1.807) is 6.07 Å². The number of para-hydroxylation sites is 1. The van der Waals surface area contributed by atoms with Gasteiger partial charge in [-0.05, 0) is 48.9 Å². The third-order valence-corrected chi connectivity index (χ3v) is 4.48. The lowest BCUT2D eigenvalue weighted by atomic mass is 9.81. The van der Waals surface area contributed by atoms with Gasteiger partial charge in [0.05, 0.1) is 0 Å². The molecule has 5 heteroatoms. The molecule has 1 amide bonds. The van der Waals surface area contributed by atoms with Crippen LogP contribution in [0.1, 0.15) is 30.1 Å². The van der Waals surface area contributed by atoms with Crippen molar-refractivity contribution in [3.8, 4) is 0 Å². The summed E-state index contributed by atoms with van der Waals surface area (Å²) in [5.41, 5.74) is 0.683. The number of benzene rings is 1. The molecule has 22 heavy (non-hydrogen) atoms. The monoisotopic (exact) mass is 299 g/mol. The van der Waals surface area contributed by atoms with Gasteiger partial charge in [-0.15, -0.1) is 0 Å². The summed E-state index contributed by atoms with van der Waals surface area (Å²) in [6, 6.07) is 9.12. The van der Waals surface area contributed by atoms with Crippen LogP contribution in [0.2, 0.25) is 0 Å². The minimum Gasteiger partial charge on any atom is -0.351 e. The summed E-state index contributed by atoms with van der Waals surface area (Å²) in [7, 11) is 0. The van der Waals surface area contributed by atoms with Crippen molar-refractivity contribution >= 4 is 16.8 Å². The predicted molar refractivity (Wildman–Crippen MR) is 87.1 cm³/mol. The molecule has 0 spiro atoms. The number of amides is 1. The van der Waals surface area contributed by atoms with Gasteiger partial charge >= 0.3 is 0 Å². The first-order valence-corrected chi connectivity index (χ1v) is 7.68. The van der Waals surface area contributed by atoms with E-state index in [1.165, 1.54) is 0 Å². The van der Waals surface area contributed by atoms with E-state index in [0.717, 1.165) is 36.8 Å². The van der Waals surface area contributed by atoms with E-state index in [9.17, 15) is 9.59 Å². The number of carbonyl (C=O) groups excluding carboxylic acids is 1. The number of aromatic nitrogens is 1. The maximum Gasteiger partial charge on any atom is 0.261 e. The van der Waals surface area contributed by atoms with Gasteiger partial charge in [-0.25, -0.2) is 0 Å². The second-order valence-electron chi connectivity index (χ2n) is 6.34. The Balaban J connectivity index is 1.77. The maximum absolute atomic E-state index is 12.3. The molecule has 116 valence electrons. The van der Waals surface area contributed by atoms with Crippen LogP contribution in [0.4, 0.5) is 0 Å². The van der Waals surface area contributed by atoms with Gasteiger partial charge in [-0.3, -0.25) is 9.59 Å². The molecule has 1 saturated heterocycles. The average molecular weight is 299 g/mol. The summed E-state index contributed by atoms with van der Waals surface area (Å²) in [6.07, 6.45) is 2.06. The van der Waals surface area contributed by atoms with Crippen LogP contribution < -0.4 is 16.2 Å². The zero-order chi connectivity index (χ0) is 15.6. The first kappa shape index (κ1) is 14.8. The van der Waals surface area contributed by atoms with Crippen LogP contribution in [0, 0.1) is 5.41 Å². The Bertz CT molecular complexity index is 745. The van der Waals surface area contributed by atoms with E-state index in [0.29, 0.717) is 6.54 Å². The van der Waals surface area contributed by atoms with Gasteiger partial charge in [-0.2, -0.15) is 0 Å². The Morgan fingerprint density at radius 2 is 2.00 bits per heavy atom. The first-order chi connectivity index (χ1) is 10.6. The number of piperidine rings is 1. The summed E-state index contributed by atoms with van der Waals surface area (Å²) >= 11 is 0. The van der Waals surface area contributed by atoms with Crippen molar-refractivity contribution in [2.24, 2.45) is 5.41 Å². The van der Waals surface area contributed by atoms with Crippen LogP contribution in [-0.2, 0) is 0 Å². The molecule has 0 aliphatic carbocycles. The van der Waals surface area contributed by atoms with Gasteiger partial charge in [0.25, 0.3) is 11.5 Å². The lowest BCUT2D eigenvalue weighted by Gasteiger charge is -2.34. The van der Waals surface area contributed by atoms with E-state index in [1.807, 2.05) is 24.3 Å². The lowest BCUT2D eigenvalue weighted by molar-refractivity contribution is 0.0921. The molecule has 5 nitrogen and oxygen atoms in total. The Labute approximate surface area is 129 Å². The second-order valence-corrected chi connectivity index (χ2v) is 6.34. The summed E-state index contributed by atoms with van der Waals surface area (Å²) in [6.45, 7) is 4.73. The fourth-order valence-electron chi connectivity index (χ4n) is 2.91. The van der Waals surface area contributed by atoms with Crippen molar-refractivity contribution in [3.05, 3.63) is 46.2 Å². The number of nitrogens with one attached hydrogen (secondary N) is 3. The second kappa shape index (κ2) is 5.93. The number of hydrogen-bond donors (Lipinski definition) is 3. The lowest BCUT2D eigenvalue weighted by Crippen LogP contribution is -2.43. The molecule has 1 aliphatic rings. The zero-order valence-corrected chi connectivity index (χ0v) is 12.7. The van der Waals surface area contributed by atoms with Crippen molar-refractivity contribution in [1.82, 2.24) is 15.6 Å². The van der Waals surface area contributed by atoms with Crippen LogP contribution in [0.3, 0.4) is 0 Å². The zero-order valence-electron chi connectivity index (χ0n) is 12.7. The highest BCUT2D eigenvalue weighted by molar-refractivity contribution is 5.97. The summed E-state index contributed by atoms with van der Waals surface area (Å²) in [4.78, 5) is 27.2. The standard InChI is InChI=1S/C17H21N3O2/c1-17(6-8-18-9-7-17)11-19-15(21)13-10-12-4-2-3-5-14(12)20-16(13)22/h2-5,10,18H,6-9,11H2,1H3,(H,19,21)(H,20,22). The molecule has 0 bridgehead atoms. The minimum atomic E-state index is -0.341. The van der Waals surface area contributed by atoms with E-state index in [4.69, 9.17) is 0 Å². The molecule has 2 aromatic rings. The highest BCUT2D eigenvalue weighted by Gasteiger charge is 2.27. The van der Waals surface area contributed by atoms with E-state index < -0.39 is 0 Å². The van der Waals surface area contributed by atoms with Gasteiger partial charge < -0.3 is 15.6 Å². The third kappa shape index (κ3) is 3.04. The largest absolute Gasteiger partial charge is 0.351 e. The predicted octanol–water partition coefficient (Wildman–Crippen LogP) is 1.65. The summed E-state index contributed by atoms with van der Waals surface area (Å²) in [5.74, 6) is -0.299. The third-order valence-electron chi connectivity index (χ3n) is 4.48. The van der Waals surface area contributed by atoms with E-state index in [2.05, 4.69) is 22.5 Å². The van der Waals surface area contributed by atoms with Crippen molar-refractivity contribution in [3.63, 3.8) is 0 Å². The number of fused-ring (bicyclic) bond motifs is 1. The fourth-order valence-corrected chi connectivity index (χ4v) is 2.91. The highest BCUT2D eigenvalue weighted by Crippen LogP contribution is 2.26. The number of rotatable bonds is 3. The van der Waals surface area contributed by atoms with Crippen molar-refractivity contribution in [2.75, 3.05) is 19.6 Å². The molecule has 3 rings (SSSR count). The summed E-state index contributed by atoms with van der Waals surface area (Å²) < 4.78 is 0. The van der Waals surface area contributed by atoms with E-state index >= 15 is 0 Å². The topological polar surface area (TPSA) is 74.0 Å². The normalized spacial score (nSPS) is 17.3. The van der Waals surface area contributed by atoms with Crippen LogP contribution in [0.5, 0.6) is 0 Å². The molecular formula is C17H21N3O2. The molecule has 0 radical (unpaired) electrons. The number of aromatic amines is 1.